The predicted octanol–water partition coefficient (Wildman–Crippen LogP) is 2.78. The first-order valence-corrected chi connectivity index (χ1v) is 12.1. The number of nitrogens with zero attached hydrogens (tertiary/aromatic N) is 3. The maximum absolute atomic E-state index is 12.1. The van der Waals surface area contributed by atoms with Gasteiger partial charge < -0.3 is 9.64 Å². The fourth-order valence-electron chi connectivity index (χ4n) is 3.52. The summed E-state index contributed by atoms with van der Waals surface area (Å²) in [6.45, 7) is 0.443. The molecule has 2 fully saturated rings. The molecule has 2 saturated heterocycles. The highest BCUT2D eigenvalue weighted by atomic mass is 32.2. The van der Waals surface area contributed by atoms with E-state index in [-0.39, 0.29) is 29.2 Å². The second-order valence-electron chi connectivity index (χ2n) is 7.06. The Kier molecular flexibility index (Phi) is 5.79. The lowest BCUT2D eigenvalue weighted by Crippen LogP contribution is -2.37. The standard InChI is InChI=1S/C21H19N3O4S2/c22-11-10-20(25)23-21-24(18-13-30(26,27)14-19(18)29-21)16-6-8-17(9-7-16)28-12-15-4-2-1-3-5-15/h1-9,18-19H,10,12-14H2/t18-,19-/m1/s1. The molecular weight excluding hydrogens is 422 g/mol. The van der Waals surface area contributed by atoms with Crippen LogP contribution in [-0.4, -0.2) is 42.3 Å². The van der Waals surface area contributed by atoms with Gasteiger partial charge in [-0.05, 0) is 29.8 Å². The third-order valence-corrected chi connectivity index (χ3v) is 8.09. The molecular formula is C21H19N3O4S2. The van der Waals surface area contributed by atoms with E-state index in [1.807, 2.05) is 54.6 Å². The number of aliphatic imine (C=N–C) groups is 1. The van der Waals surface area contributed by atoms with Gasteiger partial charge in [0.15, 0.2) is 15.0 Å². The van der Waals surface area contributed by atoms with Gasteiger partial charge in [-0.25, -0.2) is 8.42 Å². The third-order valence-electron chi connectivity index (χ3n) is 4.88. The molecule has 0 saturated carbocycles. The molecule has 4 rings (SSSR count). The van der Waals surface area contributed by atoms with Gasteiger partial charge in [0, 0.05) is 10.9 Å². The molecule has 0 aromatic heterocycles. The molecule has 2 atom stereocenters. The number of anilines is 1. The lowest BCUT2D eigenvalue weighted by atomic mass is 10.2. The number of carbonyl (C=O) groups is 1. The molecule has 30 heavy (non-hydrogen) atoms. The van der Waals surface area contributed by atoms with Gasteiger partial charge in [-0.15, -0.1) is 0 Å². The Balaban J connectivity index is 1.55. The van der Waals surface area contributed by atoms with Crippen LogP contribution in [0.1, 0.15) is 12.0 Å². The average Bonchev–Trinajstić information content (AvgIpc) is 3.18. The van der Waals surface area contributed by atoms with Gasteiger partial charge in [0.05, 0.1) is 23.6 Å². The number of nitriles is 1. The highest BCUT2D eigenvalue weighted by Gasteiger charge is 2.49. The van der Waals surface area contributed by atoms with E-state index in [4.69, 9.17) is 10.00 Å². The van der Waals surface area contributed by atoms with E-state index in [0.29, 0.717) is 17.5 Å². The first kappa shape index (κ1) is 20.4. The topological polar surface area (TPSA) is 99.8 Å². The molecule has 154 valence electrons. The minimum atomic E-state index is -3.14. The molecule has 0 N–H and O–H groups in total. The highest BCUT2D eigenvalue weighted by molar-refractivity contribution is 8.16. The van der Waals surface area contributed by atoms with Gasteiger partial charge >= 0.3 is 0 Å². The van der Waals surface area contributed by atoms with Crippen LogP contribution < -0.4 is 9.64 Å². The number of hydrogen-bond donors (Lipinski definition) is 0. The summed E-state index contributed by atoms with van der Waals surface area (Å²) in [7, 11) is -3.14. The number of fused-ring (bicyclic) bond motifs is 1. The van der Waals surface area contributed by atoms with Crippen LogP contribution in [0.15, 0.2) is 59.6 Å². The second kappa shape index (κ2) is 8.50. The van der Waals surface area contributed by atoms with E-state index in [1.165, 1.54) is 11.8 Å². The zero-order valence-corrected chi connectivity index (χ0v) is 17.6. The number of benzene rings is 2. The molecule has 0 unspecified atom stereocenters. The minimum absolute atomic E-state index is 0.0163. The molecule has 2 aliphatic heterocycles. The summed E-state index contributed by atoms with van der Waals surface area (Å²) in [5, 5.41) is 8.99. The van der Waals surface area contributed by atoms with Gasteiger partial charge in [0.25, 0.3) is 5.91 Å². The largest absolute Gasteiger partial charge is 0.489 e. The van der Waals surface area contributed by atoms with Gasteiger partial charge in [-0.3, -0.25) is 4.79 Å². The zero-order valence-electron chi connectivity index (χ0n) is 16.0. The number of carbonyl (C=O) groups excluding carboxylic acids is 1. The van der Waals surface area contributed by atoms with E-state index in [9.17, 15) is 13.2 Å². The summed E-state index contributed by atoms with van der Waals surface area (Å²) >= 11 is 1.29. The Morgan fingerprint density at radius 2 is 1.90 bits per heavy atom. The fourth-order valence-corrected chi connectivity index (χ4v) is 7.46. The third kappa shape index (κ3) is 4.50. The number of amides is 1. The molecule has 1 amide bonds. The van der Waals surface area contributed by atoms with Crippen molar-refractivity contribution in [2.24, 2.45) is 4.99 Å². The number of thioether (sulfide) groups is 1. The van der Waals surface area contributed by atoms with Gasteiger partial charge in [-0.1, -0.05) is 42.1 Å². The van der Waals surface area contributed by atoms with Crippen molar-refractivity contribution in [3.63, 3.8) is 0 Å². The highest BCUT2D eigenvalue weighted by Crippen LogP contribution is 2.41. The number of sulfone groups is 1. The summed E-state index contributed by atoms with van der Waals surface area (Å²) in [4.78, 5) is 17.8. The van der Waals surface area contributed by atoms with Gasteiger partial charge in [0.2, 0.25) is 0 Å². The first-order chi connectivity index (χ1) is 14.4. The number of rotatable bonds is 5. The summed E-state index contributed by atoms with van der Waals surface area (Å²) in [5.74, 6) is 0.227. The maximum Gasteiger partial charge on any atom is 0.262 e. The first-order valence-electron chi connectivity index (χ1n) is 9.37. The van der Waals surface area contributed by atoms with Crippen LogP contribution in [0.5, 0.6) is 5.75 Å². The Hall–Kier alpha value is -2.83. The van der Waals surface area contributed by atoms with Crippen molar-refractivity contribution in [2.75, 3.05) is 16.4 Å². The van der Waals surface area contributed by atoms with Crippen molar-refractivity contribution < 1.29 is 17.9 Å². The van der Waals surface area contributed by atoms with Crippen molar-refractivity contribution in [3.8, 4) is 11.8 Å². The lowest BCUT2D eigenvalue weighted by molar-refractivity contribution is -0.116. The van der Waals surface area contributed by atoms with Gasteiger partial charge in [-0.2, -0.15) is 10.3 Å². The molecule has 2 aliphatic rings. The molecule has 0 radical (unpaired) electrons. The second-order valence-corrected chi connectivity index (χ2v) is 10.4. The van der Waals surface area contributed by atoms with Crippen LogP contribution in [0.25, 0.3) is 0 Å². The maximum atomic E-state index is 12.1. The van der Waals surface area contributed by atoms with Crippen LogP contribution in [0.2, 0.25) is 0 Å². The zero-order chi connectivity index (χ0) is 21.1. The van der Waals surface area contributed by atoms with Crippen molar-refractivity contribution in [1.82, 2.24) is 0 Å². The monoisotopic (exact) mass is 441 g/mol. The van der Waals surface area contributed by atoms with Crippen molar-refractivity contribution in [1.29, 1.82) is 5.26 Å². The SMILES string of the molecule is N#CCC(=O)N=C1S[C@@H]2CS(=O)(=O)C[C@H]2N1c1ccc(OCc2ccccc2)cc1. The normalized spacial score (nSPS) is 23.2. The quantitative estimate of drug-likeness (QED) is 0.703. The van der Waals surface area contributed by atoms with Crippen LogP contribution in [-0.2, 0) is 21.2 Å². The van der Waals surface area contributed by atoms with E-state index in [2.05, 4.69) is 4.99 Å². The van der Waals surface area contributed by atoms with Crippen LogP contribution in [0.4, 0.5) is 5.69 Å². The summed E-state index contributed by atoms with van der Waals surface area (Å²) in [6, 6.07) is 18.6. The number of amidine groups is 1. The Morgan fingerprint density at radius 1 is 1.17 bits per heavy atom. The molecule has 7 nitrogen and oxygen atoms in total. The average molecular weight is 442 g/mol. The van der Waals surface area contributed by atoms with Crippen LogP contribution in [0, 0.1) is 11.3 Å². The predicted molar refractivity (Wildman–Crippen MR) is 116 cm³/mol. The van der Waals surface area contributed by atoms with E-state index in [1.54, 1.807) is 11.0 Å². The van der Waals surface area contributed by atoms with Crippen molar-refractivity contribution in [2.45, 2.75) is 24.3 Å². The van der Waals surface area contributed by atoms with Crippen molar-refractivity contribution >= 4 is 38.4 Å². The summed E-state index contributed by atoms with van der Waals surface area (Å²) < 4.78 is 30.0. The van der Waals surface area contributed by atoms with Crippen LogP contribution in [0.3, 0.4) is 0 Å². The molecule has 0 aliphatic carbocycles. The summed E-state index contributed by atoms with van der Waals surface area (Å²) in [5.41, 5.74) is 1.80. The van der Waals surface area contributed by atoms with E-state index >= 15 is 0 Å². The molecule has 2 heterocycles. The van der Waals surface area contributed by atoms with E-state index in [0.717, 1.165) is 11.3 Å². The number of ether oxygens (including phenoxy) is 1. The molecule has 2 aromatic carbocycles. The Bertz CT molecular complexity index is 1110. The minimum Gasteiger partial charge on any atom is -0.489 e. The molecule has 0 spiro atoms. The van der Waals surface area contributed by atoms with E-state index < -0.39 is 15.7 Å². The Labute approximate surface area is 179 Å². The van der Waals surface area contributed by atoms with Gasteiger partial charge in [0.1, 0.15) is 18.8 Å². The molecule has 2 aromatic rings. The smallest absolute Gasteiger partial charge is 0.262 e. The van der Waals surface area contributed by atoms with Crippen LogP contribution >= 0.6 is 11.8 Å². The summed E-state index contributed by atoms with van der Waals surface area (Å²) in [6.07, 6.45) is -0.308. The Morgan fingerprint density at radius 3 is 2.60 bits per heavy atom. The lowest BCUT2D eigenvalue weighted by Gasteiger charge is -2.24. The fraction of sp³-hybridized carbons (Fsp3) is 0.286. The molecule has 0 bridgehead atoms. The molecule has 9 heteroatoms. The van der Waals surface area contributed by atoms with Crippen molar-refractivity contribution in [3.05, 3.63) is 60.2 Å². The number of hydrogen-bond acceptors (Lipinski definition) is 6.